The minimum Gasteiger partial charge on any atom is -0.365 e. The van der Waals surface area contributed by atoms with Crippen molar-refractivity contribution in [1.29, 1.82) is 0 Å². The summed E-state index contributed by atoms with van der Waals surface area (Å²) in [5.74, 6) is -1.14. The Morgan fingerprint density at radius 2 is 1.93 bits per heavy atom. The van der Waals surface area contributed by atoms with E-state index in [0.29, 0.717) is 0 Å². The van der Waals surface area contributed by atoms with Gasteiger partial charge in [-0.3, -0.25) is 4.79 Å². The first-order valence-corrected chi connectivity index (χ1v) is 8.87. The Bertz CT molecular complexity index is 960. The maximum atomic E-state index is 13.7. The molecule has 0 radical (unpaired) electrons. The molecule has 3 rings (SSSR count). The predicted octanol–water partition coefficient (Wildman–Crippen LogP) is 4.53. The van der Waals surface area contributed by atoms with Crippen molar-refractivity contribution in [3.63, 3.8) is 0 Å². The van der Waals surface area contributed by atoms with E-state index in [1.165, 1.54) is 23.4 Å². The smallest absolute Gasteiger partial charge is 0.274 e. The zero-order chi connectivity index (χ0) is 19.8. The Balaban J connectivity index is 1.85. The van der Waals surface area contributed by atoms with Crippen LogP contribution in [0.25, 0.3) is 5.57 Å². The first-order valence-electron chi connectivity index (χ1n) is 8.87. The second-order valence-electron chi connectivity index (χ2n) is 7.44. The van der Waals surface area contributed by atoms with Crippen molar-refractivity contribution in [2.45, 2.75) is 33.2 Å². The molecule has 2 aromatic carbocycles. The van der Waals surface area contributed by atoms with Crippen LogP contribution in [-0.4, -0.2) is 24.7 Å². The minimum absolute atomic E-state index is 0.0283. The van der Waals surface area contributed by atoms with Gasteiger partial charge in [-0.1, -0.05) is 18.2 Å². The fraction of sp³-hybridized carbons (Fsp3) is 0.273. The number of aryl methyl sites for hydroxylation is 1. The highest BCUT2D eigenvalue weighted by atomic mass is 19.1. The number of allylic oxidation sites excluding steroid dienone is 1. The number of carbonyl (C=O) groups is 1. The second kappa shape index (κ2) is 6.99. The fourth-order valence-electron chi connectivity index (χ4n) is 3.32. The Labute approximate surface area is 159 Å². The van der Waals surface area contributed by atoms with Gasteiger partial charge in [0.05, 0.1) is 17.3 Å². The van der Waals surface area contributed by atoms with Crippen molar-refractivity contribution >= 4 is 23.4 Å². The van der Waals surface area contributed by atoms with Crippen molar-refractivity contribution in [2.75, 3.05) is 11.9 Å². The molecule has 0 fully saturated rings. The van der Waals surface area contributed by atoms with Crippen molar-refractivity contribution in [2.24, 2.45) is 5.10 Å². The SMILES string of the molecule is CC1=CC(C)(C)N(C)c2cc(C)c(/C=N/NC(=O)c3ccccc3F)cc21. The lowest BCUT2D eigenvalue weighted by molar-refractivity contribution is 0.0951. The highest BCUT2D eigenvalue weighted by Crippen LogP contribution is 2.38. The topological polar surface area (TPSA) is 44.7 Å². The van der Waals surface area contributed by atoms with Gasteiger partial charge in [0.15, 0.2) is 0 Å². The van der Waals surface area contributed by atoms with E-state index < -0.39 is 11.7 Å². The van der Waals surface area contributed by atoms with Gasteiger partial charge < -0.3 is 4.90 Å². The standard InChI is InChI=1S/C22H24FN3O/c1-14-10-20-18(15(2)12-22(3,4)26(20)5)11-16(14)13-24-25-21(27)17-8-6-7-9-19(17)23/h6-13H,1-5H3,(H,25,27)/b24-13+. The fourth-order valence-corrected chi connectivity index (χ4v) is 3.32. The van der Waals surface area contributed by atoms with E-state index >= 15 is 0 Å². The third-order valence-corrected chi connectivity index (χ3v) is 5.09. The van der Waals surface area contributed by atoms with E-state index in [4.69, 9.17) is 0 Å². The number of hydrogen-bond acceptors (Lipinski definition) is 3. The summed E-state index contributed by atoms with van der Waals surface area (Å²) in [6.07, 6.45) is 3.84. The van der Waals surface area contributed by atoms with Crippen LogP contribution in [0.4, 0.5) is 10.1 Å². The van der Waals surface area contributed by atoms with Crippen molar-refractivity contribution in [1.82, 2.24) is 5.43 Å². The molecular formula is C22H24FN3O. The van der Waals surface area contributed by atoms with Crippen LogP contribution in [0.1, 0.15) is 47.8 Å². The third kappa shape index (κ3) is 3.63. The quantitative estimate of drug-likeness (QED) is 0.642. The lowest BCUT2D eigenvalue weighted by atomic mass is 9.87. The molecule has 0 bridgehead atoms. The first-order chi connectivity index (χ1) is 12.7. The number of halogens is 1. The number of likely N-dealkylation sites (N-methyl/N-ethyl adjacent to an activating group) is 1. The number of nitrogens with zero attached hydrogens (tertiary/aromatic N) is 2. The van der Waals surface area contributed by atoms with Crippen molar-refractivity contribution in [3.8, 4) is 0 Å². The molecule has 0 saturated carbocycles. The van der Waals surface area contributed by atoms with Gasteiger partial charge in [-0.25, -0.2) is 9.82 Å². The van der Waals surface area contributed by atoms with Gasteiger partial charge in [-0.05, 0) is 68.7 Å². The number of nitrogens with one attached hydrogen (secondary N) is 1. The molecule has 1 aliphatic heterocycles. The van der Waals surface area contributed by atoms with Gasteiger partial charge >= 0.3 is 0 Å². The zero-order valence-electron chi connectivity index (χ0n) is 16.3. The summed E-state index contributed by atoms with van der Waals surface area (Å²) in [7, 11) is 2.09. The average molecular weight is 365 g/mol. The number of anilines is 1. The third-order valence-electron chi connectivity index (χ3n) is 5.09. The molecule has 0 atom stereocenters. The lowest BCUT2D eigenvalue weighted by Crippen LogP contribution is -2.42. The summed E-state index contributed by atoms with van der Waals surface area (Å²) in [6.45, 7) is 8.48. The molecule has 1 heterocycles. The molecule has 1 N–H and O–H groups in total. The van der Waals surface area contributed by atoms with Gasteiger partial charge in [0.1, 0.15) is 5.82 Å². The molecule has 0 unspecified atom stereocenters. The average Bonchev–Trinajstić information content (AvgIpc) is 2.60. The lowest BCUT2D eigenvalue weighted by Gasteiger charge is -2.41. The first kappa shape index (κ1) is 18.8. The Morgan fingerprint density at radius 1 is 1.22 bits per heavy atom. The van der Waals surface area contributed by atoms with Gasteiger partial charge in [-0.2, -0.15) is 5.10 Å². The van der Waals surface area contributed by atoms with Gasteiger partial charge in [0.25, 0.3) is 5.91 Å². The van der Waals surface area contributed by atoms with E-state index in [1.807, 2.05) is 6.92 Å². The predicted molar refractivity (Wildman–Crippen MR) is 109 cm³/mol. The van der Waals surface area contributed by atoms with Crippen LogP contribution in [0.15, 0.2) is 47.6 Å². The van der Waals surface area contributed by atoms with Gasteiger partial charge in [-0.15, -0.1) is 0 Å². The van der Waals surface area contributed by atoms with E-state index in [9.17, 15) is 9.18 Å². The van der Waals surface area contributed by atoms with E-state index in [-0.39, 0.29) is 11.1 Å². The van der Waals surface area contributed by atoms with Crippen molar-refractivity contribution < 1.29 is 9.18 Å². The van der Waals surface area contributed by atoms with E-state index in [2.05, 4.69) is 61.5 Å². The summed E-state index contributed by atoms with van der Waals surface area (Å²) < 4.78 is 13.7. The van der Waals surface area contributed by atoms with Crippen LogP contribution in [0.5, 0.6) is 0 Å². The molecule has 5 heteroatoms. The number of rotatable bonds is 3. The van der Waals surface area contributed by atoms with E-state index in [0.717, 1.165) is 16.7 Å². The minimum atomic E-state index is -0.572. The van der Waals surface area contributed by atoms with E-state index in [1.54, 1.807) is 18.3 Å². The summed E-state index contributed by atoms with van der Waals surface area (Å²) in [4.78, 5) is 14.3. The summed E-state index contributed by atoms with van der Waals surface area (Å²) >= 11 is 0. The monoisotopic (exact) mass is 365 g/mol. The summed E-state index contributed by atoms with van der Waals surface area (Å²) in [5, 5.41) is 4.02. The molecule has 0 aromatic heterocycles. The molecule has 0 spiro atoms. The Kier molecular flexibility index (Phi) is 4.87. The molecule has 0 saturated heterocycles. The van der Waals surface area contributed by atoms with Crippen LogP contribution in [0.2, 0.25) is 0 Å². The number of amides is 1. The molecular weight excluding hydrogens is 341 g/mol. The largest absolute Gasteiger partial charge is 0.365 e. The number of benzene rings is 2. The molecule has 2 aromatic rings. The van der Waals surface area contributed by atoms with Crippen LogP contribution < -0.4 is 10.3 Å². The van der Waals surface area contributed by atoms with Crippen molar-refractivity contribution in [3.05, 3.63) is 70.5 Å². The normalized spacial score (nSPS) is 15.5. The van der Waals surface area contributed by atoms with Crippen LogP contribution in [0.3, 0.4) is 0 Å². The number of fused-ring (bicyclic) bond motifs is 1. The molecule has 0 aliphatic carbocycles. The summed E-state index contributed by atoms with van der Waals surface area (Å²) in [6, 6.07) is 10.0. The highest BCUT2D eigenvalue weighted by molar-refractivity contribution is 5.95. The maximum absolute atomic E-state index is 13.7. The van der Waals surface area contributed by atoms with Crippen LogP contribution in [0, 0.1) is 12.7 Å². The molecule has 1 aliphatic rings. The molecule has 1 amide bonds. The Morgan fingerprint density at radius 3 is 2.63 bits per heavy atom. The maximum Gasteiger partial charge on any atom is 0.274 e. The zero-order valence-corrected chi connectivity index (χ0v) is 16.3. The molecule has 4 nitrogen and oxygen atoms in total. The van der Waals surface area contributed by atoms with Crippen LogP contribution >= 0.6 is 0 Å². The van der Waals surface area contributed by atoms with Gasteiger partial charge in [0.2, 0.25) is 0 Å². The summed E-state index contributed by atoms with van der Waals surface area (Å²) in [5.41, 5.74) is 7.79. The number of hydrogen-bond donors (Lipinski definition) is 1. The molecule has 27 heavy (non-hydrogen) atoms. The second-order valence-corrected chi connectivity index (χ2v) is 7.44. The molecule has 140 valence electrons. The highest BCUT2D eigenvalue weighted by Gasteiger charge is 2.28. The Hall–Kier alpha value is -2.95. The number of carbonyl (C=O) groups excluding carboxylic acids is 1. The van der Waals surface area contributed by atoms with Gasteiger partial charge in [0, 0.05) is 18.3 Å². The van der Waals surface area contributed by atoms with Crippen LogP contribution in [-0.2, 0) is 0 Å². The number of hydrazone groups is 1.